The number of thiophene rings is 1. The smallest absolute Gasteiger partial charge is 0.324 e. The largest absolute Gasteiger partial charge is 0.465 e. The molecule has 1 heterocycles. The van der Waals surface area contributed by atoms with Crippen LogP contribution in [0.3, 0.4) is 0 Å². The van der Waals surface area contributed by atoms with Crippen molar-refractivity contribution in [3.8, 4) is 0 Å². The Hall–Kier alpha value is -0.380. The minimum Gasteiger partial charge on any atom is -0.465 e. The zero-order chi connectivity index (χ0) is 14.6. The Morgan fingerprint density at radius 2 is 2.21 bits per heavy atom. The van der Waals surface area contributed by atoms with E-state index >= 15 is 0 Å². The van der Waals surface area contributed by atoms with Crippen molar-refractivity contribution >= 4 is 50.5 Å². The second-order valence-corrected chi connectivity index (χ2v) is 7.42. The Kier molecular flexibility index (Phi) is 6.03. The number of nitrogens with two attached hydrogens (primary N) is 1. The van der Waals surface area contributed by atoms with Gasteiger partial charge >= 0.3 is 5.97 Å². The Labute approximate surface area is 124 Å². The summed E-state index contributed by atoms with van der Waals surface area (Å²) in [4.78, 5) is 11.1. The first-order valence-electron chi connectivity index (χ1n) is 5.14. The van der Waals surface area contributed by atoms with Crippen molar-refractivity contribution in [1.82, 2.24) is 4.72 Å². The minimum absolute atomic E-state index is 0.0437. The number of ether oxygens (including phenoxy) is 1. The van der Waals surface area contributed by atoms with E-state index in [1.165, 1.54) is 6.07 Å². The first kappa shape index (κ1) is 16.7. The van der Waals surface area contributed by atoms with Gasteiger partial charge in [0.15, 0.2) is 0 Å². The molecule has 0 spiro atoms. The van der Waals surface area contributed by atoms with Gasteiger partial charge in [-0.25, -0.2) is 13.1 Å². The fourth-order valence-corrected chi connectivity index (χ4v) is 4.33. The van der Waals surface area contributed by atoms with Crippen molar-refractivity contribution in [1.29, 1.82) is 0 Å². The van der Waals surface area contributed by atoms with Crippen LogP contribution in [-0.2, 0) is 19.6 Å². The van der Waals surface area contributed by atoms with Crippen LogP contribution in [0, 0.1) is 0 Å². The molecule has 0 saturated heterocycles. The molecule has 0 bridgehead atoms. The van der Waals surface area contributed by atoms with E-state index in [1.807, 2.05) is 0 Å². The van der Waals surface area contributed by atoms with Gasteiger partial charge in [-0.1, -0.05) is 23.2 Å². The zero-order valence-corrected chi connectivity index (χ0v) is 13.0. The van der Waals surface area contributed by atoms with E-state index in [4.69, 9.17) is 28.9 Å². The van der Waals surface area contributed by atoms with Gasteiger partial charge in [0, 0.05) is 6.54 Å². The number of halogens is 2. The van der Waals surface area contributed by atoms with Crippen LogP contribution in [-0.4, -0.2) is 33.6 Å². The standard InChI is InChI=1S/C9H12Cl2N2O4S2/c1-2-17-9(14)5(12)4-13-19(15,16)6-3-7(10)18-8(6)11/h3,5,13H,2,4,12H2,1H3. The molecule has 0 amide bonds. The minimum atomic E-state index is -3.86. The molecule has 0 aliphatic heterocycles. The van der Waals surface area contributed by atoms with Gasteiger partial charge in [0.2, 0.25) is 10.0 Å². The van der Waals surface area contributed by atoms with E-state index in [2.05, 4.69) is 9.46 Å². The molecular weight excluding hydrogens is 335 g/mol. The lowest BCUT2D eigenvalue weighted by Crippen LogP contribution is -2.43. The Balaban J connectivity index is 2.71. The van der Waals surface area contributed by atoms with Crippen molar-refractivity contribution in [2.45, 2.75) is 17.9 Å². The Morgan fingerprint density at radius 3 is 2.68 bits per heavy atom. The third-order valence-corrected chi connectivity index (χ3v) is 5.17. The number of hydrogen-bond acceptors (Lipinski definition) is 6. The van der Waals surface area contributed by atoms with Crippen molar-refractivity contribution in [2.75, 3.05) is 13.2 Å². The molecule has 0 radical (unpaired) electrons. The molecule has 0 aliphatic carbocycles. The number of nitrogens with one attached hydrogen (secondary N) is 1. The summed E-state index contributed by atoms with van der Waals surface area (Å²) in [6.45, 7) is 1.51. The first-order valence-corrected chi connectivity index (χ1v) is 8.20. The van der Waals surface area contributed by atoms with Crippen LogP contribution in [0.25, 0.3) is 0 Å². The lowest BCUT2D eigenvalue weighted by atomic mass is 10.3. The highest BCUT2D eigenvalue weighted by Gasteiger charge is 2.23. The highest BCUT2D eigenvalue weighted by atomic mass is 35.5. The molecule has 0 aromatic carbocycles. The summed E-state index contributed by atoms with van der Waals surface area (Å²) in [7, 11) is -3.86. The van der Waals surface area contributed by atoms with Crippen molar-refractivity contribution < 1.29 is 17.9 Å². The van der Waals surface area contributed by atoms with E-state index < -0.39 is 22.0 Å². The van der Waals surface area contributed by atoms with E-state index in [0.29, 0.717) is 0 Å². The number of hydrogen-bond donors (Lipinski definition) is 2. The number of carbonyl (C=O) groups is 1. The van der Waals surface area contributed by atoms with Crippen molar-refractivity contribution in [3.63, 3.8) is 0 Å². The number of sulfonamides is 1. The molecule has 0 aliphatic rings. The average Bonchev–Trinajstić information content (AvgIpc) is 2.66. The van der Waals surface area contributed by atoms with Crippen LogP contribution in [0.2, 0.25) is 8.67 Å². The summed E-state index contributed by atoms with van der Waals surface area (Å²) in [5.41, 5.74) is 5.47. The monoisotopic (exact) mass is 346 g/mol. The van der Waals surface area contributed by atoms with Crippen LogP contribution < -0.4 is 10.5 Å². The highest BCUT2D eigenvalue weighted by molar-refractivity contribution is 7.89. The molecule has 1 aromatic heterocycles. The second kappa shape index (κ2) is 6.87. The van der Waals surface area contributed by atoms with Crippen LogP contribution >= 0.6 is 34.5 Å². The van der Waals surface area contributed by atoms with Gasteiger partial charge in [-0.2, -0.15) is 0 Å². The summed E-state index contributed by atoms with van der Waals surface area (Å²) in [6, 6.07) is 0.148. The fourth-order valence-electron chi connectivity index (χ4n) is 1.12. The molecule has 1 aromatic rings. The molecular formula is C9H12Cl2N2O4S2. The maximum Gasteiger partial charge on any atom is 0.324 e. The predicted octanol–water partition coefficient (Wildman–Crippen LogP) is 1.22. The average molecular weight is 347 g/mol. The Bertz CT molecular complexity index is 559. The van der Waals surface area contributed by atoms with E-state index in [-0.39, 0.29) is 26.7 Å². The van der Waals surface area contributed by atoms with Gasteiger partial charge in [0.1, 0.15) is 15.3 Å². The van der Waals surface area contributed by atoms with Crippen molar-refractivity contribution in [2.24, 2.45) is 5.73 Å². The van der Waals surface area contributed by atoms with Gasteiger partial charge in [0.05, 0.1) is 10.9 Å². The quantitative estimate of drug-likeness (QED) is 0.754. The molecule has 1 rings (SSSR count). The maximum absolute atomic E-state index is 11.9. The molecule has 1 atom stereocenters. The van der Waals surface area contributed by atoms with Gasteiger partial charge in [-0.15, -0.1) is 11.3 Å². The fraction of sp³-hybridized carbons (Fsp3) is 0.444. The van der Waals surface area contributed by atoms with Gasteiger partial charge < -0.3 is 10.5 Å². The van der Waals surface area contributed by atoms with E-state index in [1.54, 1.807) is 6.92 Å². The van der Waals surface area contributed by atoms with E-state index in [0.717, 1.165) is 11.3 Å². The topological polar surface area (TPSA) is 98.5 Å². The zero-order valence-electron chi connectivity index (χ0n) is 9.85. The summed E-state index contributed by atoms with van der Waals surface area (Å²) < 4.78 is 30.9. The number of esters is 1. The Morgan fingerprint density at radius 1 is 1.58 bits per heavy atom. The molecule has 19 heavy (non-hydrogen) atoms. The first-order chi connectivity index (χ1) is 8.77. The summed E-state index contributed by atoms with van der Waals surface area (Å²) >= 11 is 12.4. The normalized spacial score (nSPS) is 13.3. The van der Waals surface area contributed by atoms with Crippen molar-refractivity contribution in [3.05, 3.63) is 14.7 Å². The third kappa shape index (κ3) is 4.59. The van der Waals surface area contributed by atoms with Crippen LogP contribution in [0.1, 0.15) is 6.92 Å². The van der Waals surface area contributed by atoms with Gasteiger partial charge in [-0.3, -0.25) is 4.79 Å². The van der Waals surface area contributed by atoms with Gasteiger partial charge in [0.25, 0.3) is 0 Å². The summed E-state index contributed by atoms with van der Waals surface area (Å²) in [5, 5.41) is 0. The molecule has 108 valence electrons. The summed E-state index contributed by atoms with van der Waals surface area (Å²) in [6.07, 6.45) is 0. The second-order valence-electron chi connectivity index (χ2n) is 3.40. The number of rotatable bonds is 6. The van der Waals surface area contributed by atoms with Crippen LogP contribution in [0.5, 0.6) is 0 Å². The lowest BCUT2D eigenvalue weighted by molar-refractivity contribution is -0.144. The van der Waals surface area contributed by atoms with Crippen LogP contribution in [0.15, 0.2) is 11.0 Å². The van der Waals surface area contributed by atoms with Gasteiger partial charge in [-0.05, 0) is 13.0 Å². The molecule has 0 saturated carbocycles. The lowest BCUT2D eigenvalue weighted by Gasteiger charge is -2.11. The predicted molar refractivity (Wildman–Crippen MR) is 74.1 cm³/mol. The maximum atomic E-state index is 11.9. The molecule has 3 N–H and O–H groups in total. The highest BCUT2D eigenvalue weighted by Crippen LogP contribution is 2.33. The molecule has 6 nitrogen and oxygen atoms in total. The third-order valence-electron chi connectivity index (χ3n) is 2.00. The molecule has 1 unspecified atom stereocenters. The van der Waals surface area contributed by atoms with Crippen LogP contribution in [0.4, 0.5) is 0 Å². The number of carbonyl (C=O) groups excluding carboxylic acids is 1. The summed E-state index contributed by atoms with van der Waals surface area (Å²) in [5.74, 6) is -0.681. The van der Waals surface area contributed by atoms with E-state index in [9.17, 15) is 13.2 Å². The molecule has 10 heteroatoms. The molecule has 0 fully saturated rings. The SMILES string of the molecule is CCOC(=O)C(N)CNS(=O)(=O)c1cc(Cl)sc1Cl.